The molecule has 1 aromatic carbocycles. The molecule has 3 aromatic rings. The molecule has 0 spiro atoms. The largest absolute Gasteiger partial charge is 0.481 e. The number of alkyl halides is 1. The van der Waals surface area contributed by atoms with Crippen molar-refractivity contribution in [2.75, 3.05) is 25.0 Å². The number of carboxylic acid groups (broad SMARTS) is 1. The van der Waals surface area contributed by atoms with E-state index in [1.807, 2.05) is 24.1 Å². The van der Waals surface area contributed by atoms with Gasteiger partial charge in [-0.25, -0.2) is 14.4 Å². The third-order valence-corrected chi connectivity index (χ3v) is 10.6. The van der Waals surface area contributed by atoms with Crippen molar-refractivity contribution in [2.24, 2.45) is 18.9 Å². The van der Waals surface area contributed by atoms with Crippen LogP contribution in [0.2, 0.25) is 0 Å². The Balaban J connectivity index is 1.26. The van der Waals surface area contributed by atoms with Crippen LogP contribution in [0.15, 0.2) is 42.7 Å². The molecule has 46 heavy (non-hydrogen) atoms. The number of carboxylic acids is 1. The maximum Gasteiger partial charge on any atom is 0.306 e. The molecular weight excluding hydrogens is 581 g/mol. The third-order valence-electron chi connectivity index (χ3n) is 10.6. The Morgan fingerprint density at radius 2 is 1.91 bits per heavy atom. The van der Waals surface area contributed by atoms with E-state index in [0.29, 0.717) is 43.9 Å². The van der Waals surface area contributed by atoms with Crippen LogP contribution < -0.4 is 10.6 Å². The summed E-state index contributed by atoms with van der Waals surface area (Å²) < 4.78 is 16.3. The first-order valence-electron chi connectivity index (χ1n) is 17.4. The number of anilines is 1. The molecule has 1 saturated heterocycles. The van der Waals surface area contributed by atoms with Crippen molar-refractivity contribution in [3.05, 3.63) is 70.9 Å². The van der Waals surface area contributed by atoms with Gasteiger partial charge in [0.2, 0.25) is 0 Å². The van der Waals surface area contributed by atoms with Crippen molar-refractivity contribution >= 4 is 11.8 Å². The molecule has 9 nitrogen and oxygen atoms in total. The highest BCUT2D eigenvalue weighted by molar-refractivity contribution is 5.70. The van der Waals surface area contributed by atoms with Crippen molar-refractivity contribution in [2.45, 2.75) is 102 Å². The van der Waals surface area contributed by atoms with Crippen LogP contribution in [0.3, 0.4) is 0 Å². The number of halogens is 1. The molecule has 3 N–H and O–H groups in total. The lowest BCUT2D eigenvalue weighted by Gasteiger charge is -2.34. The van der Waals surface area contributed by atoms with Crippen LogP contribution in [0.1, 0.15) is 98.5 Å². The van der Waals surface area contributed by atoms with Gasteiger partial charge in [0.25, 0.3) is 0 Å². The van der Waals surface area contributed by atoms with Crippen molar-refractivity contribution in [3.63, 3.8) is 0 Å². The molecule has 2 aromatic heterocycles. The van der Waals surface area contributed by atoms with Gasteiger partial charge in [-0.1, -0.05) is 37.3 Å². The van der Waals surface area contributed by atoms with E-state index in [0.717, 1.165) is 87.2 Å². The molecule has 6 rings (SSSR count). The summed E-state index contributed by atoms with van der Waals surface area (Å²) in [5, 5.41) is 21.5. The number of nitrogens with one attached hydrogen (secondary N) is 2. The lowest BCUT2D eigenvalue weighted by molar-refractivity contribution is -0.143. The second-order valence-electron chi connectivity index (χ2n) is 13.8. The summed E-state index contributed by atoms with van der Waals surface area (Å²) >= 11 is 0. The normalized spacial score (nSPS) is 25.0. The predicted molar refractivity (Wildman–Crippen MR) is 177 cm³/mol. The topological polar surface area (TPSA) is 108 Å². The molecule has 1 aliphatic heterocycles. The summed E-state index contributed by atoms with van der Waals surface area (Å²) in [4.78, 5) is 24.1. The van der Waals surface area contributed by atoms with E-state index in [1.54, 1.807) is 0 Å². The summed E-state index contributed by atoms with van der Waals surface area (Å²) in [6.07, 6.45) is 11.8. The van der Waals surface area contributed by atoms with Crippen LogP contribution >= 0.6 is 0 Å². The molecule has 0 radical (unpaired) electrons. The summed E-state index contributed by atoms with van der Waals surface area (Å²) in [6, 6.07) is 10.9. The van der Waals surface area contributed by atoms with Crippen LogP contribution in [0.4, 0.5) is 10.2 Å². The Morgan fingerprint density at radius 1 is 1.11 bits per heavy atom. The number of fused-ring (bicyclic) bond motifs is 1. The summed E-state index contributed by atoms with van der Waals surface area (Å²) in [5.41, 5.74) is 4.70. The number of aliphatic carboxylic acids is 1. The van der Waals surface area contributed by atoms with Gasteiger partial charge in [0.1, 0.15) is 17.8 Å². The lowest BCUT2D eigenvalue weighted by atomic mass is 9.78. The first kappa shape index (κ1) is 32.6. The van der Waals surface area contributed by atoms with Crippen molar-refractivity contribution < 1.29 is 14.3 Å². The Labute approximate surface area is 272 Å². The fourth-order valence-electron chi connectivity index (χ4n) is 7.95. The Hall–Kier alpha value is -3.37. The van der Waals surface area contributed by atoms with E-state index >= 15 is 0 Å². The minimum absolute atomic E-state index is 0.0938. The highest BCUT2D eigenvalue weighted by atomic mass is 19.1. The average Bonchev–Trinajstić information content (AvgIpc) is 3.51. The molecular formula is C36H50FN7O2. The number of aromatic nitrogens is 4. The standard InChI is InChI=1S/C36H50FN7O2/c1-3-31(25-11-13-26(14-12-25)36(45)46)38-20-34-40-32-16-15-27(24-8-5-4-6-9-24)18-30(32)35(42-34)41-33(28-19-39-43(2)21-28)23-44-17-7-10-29(37)22-44/h4-6,8-9,19,21,25-27,29,31,33,38H,3,7,10-18,20,22-23H2,1-2H3,(H,45,46)(H,40,41,42)/t25?,26?,27-,29-,31-,33+/m1/s1. The zero-order valence-electron chi connectivity index (χ0n) is 27.4. The second kappa shape index (κ2) is 15.0. The minimum atomic E-state index is -0.787. The second-order valence-corrected chi connectivity index (χ2v) is 13.8. The first-order chi connectivity index (χ1) is 22.4. The van der Waals surface area contributed by atoms with Gasteiger partial charge < -0.3 is 15.7 Å². The van der Waals surface area contributed by atoms with Crippen LogP contribution in [-0.4, -0.2) is 67.6 Å². The number of hydrogen-bond acceptors (Lipinski definition) is 7. The minimum Gasteiger partial charge on any atom is -0.481 e. The molecule has 2 aliphatic carbocycles. The summed E-state index contributed by atoms with van der Waals surface area (Å²) in [6.45, 7) is 4.79. The van der Waals surface area contributed by atoms with Crippen LogP contribution in [0, 0.1) is 11.8 Å². The Bertz CT molecular complexity index is 1440. The highest BCUT2D eigenvalue weighted by Gasteiger charge is 2.31. The van der Waals surface area contributed by atoms with E-state index in [4.69, 9.17) is 9.97 Å². The van der Waals surface area contributed by atoms with Gasteiger partial charge in [-0.2, -0.15) is 5.10 Å². The van der Waals surface area contributed by atoms with Gasteiger partial charge in [0.15, 0.2) is 0 Å². The van der Waals surface area contributed by atoms with Gasteiger partial charge in [0, 0.05) is 49.2 Å². The number of nitrogens with zero attached hydrogens (tertiary/aromatic N) is 5. The van der Waals surface area contributed by atoms with E-state index in [2.05, 4.69) is 57.9 Å². The lowest BCUT2D eigenvalue weighted by Crippen LogP contribution is -2.40. The molecule has 4 atom stereocenters. The molecule has 3 heterocycles. The summed E-state index contributed by atoms with van der Waals surface area (Å²) in [7, 11) is 1.93. The first-order valence-corrected chi connectivity index (χ1v) is 17.4. The molecule has 0 bridgehead atoms. The zero-order chi connectivity index (χ0) is 32.0. The zero-order valence-corrected chi connectivity index (χ0v) is 27.4. The number of hydrogen-bond donors (Lipinski definition) is 3. The molecule has 0 amide bonds. The van der Waals surface area contributed by atoms with Crippen molar-refractivity contribution in [1.29, 1.82) is 0 Å². The Kier molecular flexibility index (Phi) is 10.6. The monoisotopic (exact) mass is 631 g/mol. The van der Waals surface area contributed by atoms with Crippen LogP contribution in [0.25, 0.3) is 0 Å². The van der Waals surface area contributed by atoms with Gasteiger partial charge in [-0.15, -0.1) is 0 Å². The van der Waals surface area contributed by atoms with E-state index < -0.39 is 12.1 Å². The van der Waals surface area contributed by atoms with Crippen LogP contribution in [-0.2, 0) is 31.2 Å². The van der Waals surface area contributed by atoms with Gasteiger partial charge in [0.05, 0.1) is 24.7 Å². The fourth-order valence-corrected chi connectivity index (χ4v) is 7.95. The average molecular weight is 632 g/mol. The quantitative estimate of drug-likeness (QED) is 0.229. The smallest absolute Gasteiger partial charge is 0.306 e. The molecule has 248 valence electrons. The number of likely N-dealkylation sites (tertiary alicyclic amines) is 1. The predicted octanol–water partition coefficient (Wildman–Crippen LogP) is 5.83. The van der Waals surface area contributed by atoms with Gasteiger partial charge >= 0.3 is 5.97 Å². The molecule has 0 unspecified atom stereocenters. The van der Waals surface area contributed by atoms with E-state index in [1.165, 1.54) is 11.1 Å². The fraction of sp³-hybridized carbons (Fsp3) is 0.611. The molecule has 10 heteroatoms. The molecule has 1 saturated carbocycles. The van der Waals surface area contributed by atoms with Crippen LogP contribution in [0.5, 0.6) is 0 Å². The maximum absolute atomic E-state index is 14.4. The van der Waals surface area contributed by atoms with Crippen molar-refractivity contribution in [1.82, 2.24) is 30.0 Å². The van der Waals surface area contributed by atoms with E-state index in [-0.39, 0.29) is 12.0 Å². The number of benzene rings is 1. The Morgan fingerprint density at radius 3 is 2.61 bits per heavy atom. The maximum atomic E-state index is 14.4. The van der Waals surface area contributed by atoms with E-state index in [9.17, 15) is 14.3 Å². The van der Waals surface area contributed by atoms with Gasteiger partial charge in [-0.3, -0.25) is 14.4 Å². The number of rotatable bonds is 12. The SMILES string of the molecule is CC[C@@H](NCc1nc2c(c(N[C@@H](CN3CCC[C@@H](F)C3)c3cnn(C)c3)n1)C[C@H](c1ccccc1)CC2)C1CCC(C(=O)O)CC1. The number of piperidine rings is 1. The molecule has 2 fully saturated rings. The third kappa shape index (κ3) is 7.94. The highest BCUT2D eigenvalue weighted by Crippen LogP contribution is 2.37. The van der Waals surface area contributed by atoms with Crippen molar-refractivity contribution in [3.8, 4) is 0 Å². The summed E-state index contributed by atoms with van der Waals surface area (Å²) in [5.74, 6) is 1.65. The molecule has 3 aliphatic rings. The number of carbonyl (C=O) groups is 1. The van der Waals surface area contributed by atoms with Gasteiger partial charge in [-0.05, 0) is 88.2 Å². The number of aryl methyl sites for hydroxylation is 2.